The van der Waals surface area contributed by atoms with Crippen LogP contribution in [0.4, 0.5) is 5.13 Å². The molecule has 2 heterocycles. The molecule has 3 aromatic rings. The van der Waals surface area contributed by atoms with Crippen LogP contribution in [0.15, 0.2) is 35.5 Å². The summed E-state index contributed by atoms with van der Waals surface area (Å²) >= 11 is 2.85. The summed E-state index contributed by atoms with van der Waals surface area (Å²) in [6.45, 7) is 8.81. The van der Waals surface area contributed by atoms with E-state index in [1.54, 1.807) is 0 Å². The Balaban J connectivity index is 1.62. The SMILES string of the molecule is CCn1c(COc2ccccc2)nnc1S[C@H](C)C(=O)Nc1nc(C)c(C)s1. The third-order valence-electron chi connectivity index (χ3n) is 4.13. The standard InChI is InChI=1S/C19H23N5O2S2/c1-5-24-16(11-26-15-9-7-6-8-10-15)22-23-19(24)28-14(4)17(25)21-18-20-12(2)13(3)27-18/h6-10,14H,5,11H2,1-4H3,(H,20,21,25)/t14-/m1/s1. The molecule has 0 bridgehead atoms. The number of rotatable bonds is 8. The number of nitrogens with one attached hydrogen (secondary N) is 1. The first kappa shape index (κ1) is 20.3. The topological polar surface area (TPSA) is 81.9 Å². The molecule has 0 aliphatic heterocycles. The van der Waals surface area contributed by atoms with Gasteiger partial charge in [0.25, 0.3) is 0 Å². The fraction of sp³-hybridized carbons (Fsp3) is 0.368. The van der Waals surface area contributed by atoms with Gasteiger partial charge in [0.1, 0.15) is 12.4 Å². The number of aromatic nitrogens is 4. The van der Waals surface area contributed by atoms with Crippen molar-refractivity contribution in [3.63, 3.8) is 0 Å². The van der Waals surface area contributed by atoms with Crippen LogP contribution in [-0.2, 0) is 17.9 Å². The summed E-state index contributed by atoms with van der Waals surface area (Å²) in [6, 6.07) is 9.59. The van der Waals surface area contributed by atoms with Crippen LogP contribution < -0.4 is 10.1 Å². The zero-order valence-electron chi connectivity index (χ0n) is 16.3. The minimum atomic E-state index is -0.332. The Bertz CT molecular complexity index is 920. The van der Waals surface area contributed by atoms with E-state index >= 15 is 0 Å². The number of benzene rings is 1. The van der Waals surface area contributed by atoms with Gasteiger partial charge in [0, 0.05) is 11.4 Å². The minimum absolute atomic E-state index is 0.105. The Hall–Kier alpha value is -2.39. The number of carbonyl (C=O) groups is 1. The summed E-state index contributed by atoms with van der Waals surface area (Å²) in [5, 5.41) is 12.4. The number of aryl methyl sites for hydroxylation is 2. The van der Waals surface area contributed by atoms with Crippen molar-refractivity contribution in [2.24, 2.45) is 0 Å². The average molecular weight is 418 g/mol. The highest BCUT2D eigenvalue weighted by molar-refractivity contribution is 8.00. The minimum Gasteiger partial charge on any atom is -0.486 e. The third-order valence-corrected chi connectivity index (χ3v) is 6.20. The van der Waals surface area contributed by atoms with Crippen molar-refractivity contribution in [2.75, 3.05) is 5.32 Å². The summed E-state index contributed by atoms with van der Waals surface area (Å²) in [7, 11) is 0. The van der Waals surface area contributed by atoms with Crippen molar-refractivity contribution in [2.45, 2.75) is 51.3 Å². The Morgan fingerprint density at radius 2 is 2.04 bits per heavy atom. The number of ether oxygens (including phenoxy) is 1. The second-order valence-corrected chi connectivity index (χ2v) is 8.67. The molecule has 148 valence electrons. The van der Waals surface area contributed by atoms with Gasteiger partial charge in [0.2, 0.25) is 5.91 Å². The van der Waals surface area contributed by atoms with Crippen LogP contribution in [0, 0.1) is 13.8 Å². The zero-order valence-corrected chi connectivity index (χ0v) is 17.9. The maximum Gasteiger partial charge on any atom is 0.239 e. The van der Waals surface area contributed by atoms with Crippen LogP contribution in [0.1, 0.15) is 30.2 Å². The first-order chi connectivity index (χ1) is 13.5. The van der Waals surface area contributed by atoms with Crippen LogP contribution in [0.5, 0.6) is 5.75 Å². The molecule has 0 radical (unpaired) electrons. The van der Waals surface area contributed by atoms with Crippen molar-refractivity contribution in [1.82, 2.24) is 19.7 Å². The summed E-state index contributed by atoms with van der Waals surface area (Å²) in [5.41, 5.74) is 0.939. The Kier molecular flexibility index (Phi) is 6.69. The number of para-hydroxylation sites is 1. The lowest BCUT2D eigenvalue weighted by molar-refractivity contribution is -0.115. The van der Waals surface area contributed by atoms with Crippen LogP contribution in [0.25, 0.3) is 0 Å². The molecule has 0 saturated heterocycles. The molecule has 7 nitrogen and oxygen atoms in total. The molecule has 2 aromatic heterocycles. The number of hydrogen-bond acceptors (Lipinski definition) is 7. The van der Waals surface area contributed by atoms with Crippen molar-refractivity contribution in [3.05, 3.63) is 46.7 Å². The molecule has 0 aliphatic rings. The highest BCUT2D eigenvalue weighted by Crippen LogP contribution is 2.26. The van der Waals surface area contributed by atoms with E-state index in [9.17, 15) is 4.79 Å². The molecular formula is C19H23N5O2S2. The zero-order chi connectivity index (χ0) is 20.1. The largest absolute Gasteiger partial charge is 0.486 e. The molecule has 0 saturated carbocycles. The highest BCUT2D eigenvalue weighted by Gasteiger charge is 2.21. The number of anilines is 1. The molecule has 9 heteroatoms. The highest BCUT2D eigenvalue weighted by atomic mass is 32.2. The molecule has 1 atom stereocenters. The fourth-order valence-corrected chi connectivity index (χ4v) is 4.19. The van der Waals surface area contributed by atoms with Crippen LogP contribution in [0.2, 0.25) is 0 Å². The van der Waals surface area contributed by atoms with E-state index in [1.807, 2.05) is 62.6 Å². The fourth-order valence-electron chi connectivity index (χ4n) is 2.44. The van der Waals surface area contributed by atoms with Crippen LogP contribution in [0.3, 0.4) is 0 Å². The maximum absolute atomic E-state index is 12.5. The lowest BCUT2D eigenvalue weighted by Crippen LogP contribution is -2.23. The quantitative estimate of drug-likeness (QED) is 0.557. The molecule has 1 aromatic carbocycles. The molecule has 0 aliphatic carbocycles. The first-order valence-electron chi connectivity index (χ1n) is 8.99. The smallest absolute Gasteiger partial charge is 0.239 e. The lowest BCUT2D eigenvalue weighted by atomic mass is 10.3. The van der Waals surface area contributed by atoms with E-state index in [1.165, 1.54) is 23.1 Å². The third kappa shape index (κ3) is 4.90. The van der Waals surface area contributed by atoms with Gasteiger partial charge >= 0.3 is 0 Å². The number of amides is 1. The number of nitrogens with zero attached hydrogens (tertiary/aromatic N) is 4. The second kappa shape index (κ2) is 9.20. The van der Waals surface area contributed by atoms with E-state index in [4.69, 9.17) is 4.74 Å². The Labute approximate surface area is 172 Å². The van der Waals surface area contributed by atoms with E-state index in [0.717, 1.165) is 22.1 Å². The Morgan fingerprint density at radius 1 is 1.29 bits per heavy atom. The monoisotopic (exact) mass is 417 g/mol. The maximum atomic E-state index is 12.5. The van der Waals surface area contributed by atoms with Crippen molar-refractivity contribution in [3.8, 4) is 5.75 Å². The van der Waals surface area contributed by atoms with E-state index < -0.39 is 0 Å². The Morgan fingerprint density at radius 3 is 2.68 bits per heavy atom. The summed E-state index contributed by atoms with van der Waals surface area (Å²) in [5.74, 6) is 1.41. The van der Waals surface area contributed by atoms with Gasteiger partial charge in [-0.25, -0.2) is 4.98 Å². The van der Waals surface area contributed by atoms with Gasteiger partial charge < -0.3 is 14.6 Å². The molecule has 28 heavy (non-hydrogen) atoms. The van der Waals surface area contributed by atoms with Crippen molar-refractivity contribution in [1.29, 1.82) is 0 Å². The van der Waals surface area contributed by atoms with E-state index in [0.29, 0.717) is 23.4 Å². The molecule has 0 spiro atoms. The second-order valence-electron chi connectivity index (χ2n) is 6.15. The summed E-state index contributed by atoms with van der Waals surface area (Å²) in [6.07, 6.45) is 0. The van der Waals surface area contributed by atoms with Gasteiger partial charge in [-0.1, -0.05) is 30.0 Å². The molecular weight excluding hydrogens is 394 g/mol. The predicted molar refractivity (Wildman–Crippen MR) is 112 cm³/mol. The first-order valence-corrected chi connectivity index (χ1v) is 10.7. The average Bonchev–Trinajstić information content (AvgIpc) is 3.22. The summed E-state index contributed by atoms with van der Waals surface area (Å²) in [4.78, 5) is 18.0. The number of thiazole rings is 1. The van der Waals surface area contributed by atoms with Gasteiger partial charge in [-0.15, -0.1) is 21.5 Å². The van der Waals surface area contributed by atoms with Gasteiger partial charge in [-0.2, -0.15) is 0 Å². The lowest BCUT2D eigenvalue weighted by Gasteiger charge is -2.12. The number of carbonyl (C=O) groups excluding carboxylic acids is 1. The summed E-state index contributed by atoms with van der Waals surface area (Å²) < 4.78 is 7.74. The molecule has 1 amide bonds. The van der Waals surface area contributed by atoms with Gasteiger partial charge in [0.05, 0.1) is 10.9 Å². The van der Waals surface area contributed by atoms with Crippen LogP contribution in [-0.4, -0.2) is 30.9 Å². The van der Waals surface area contributed by atoms with Gasteiger partial charge in [-0.05, 0) is 39.8 Å². The van der Waals surface area contributed by atoms with E-state index in [2.05, 4.69) is 20.5 Å². The van der Waals surface area contributed by atoms with Gasteiger partial charge in [-0.3, -0.25) is 4.79 Å². The molecule has 0 unspecified atom stereocenters. The van der Waals surface area contributed by atoms with Crippen molar-refractivity contribution >= 4 is 34.1 Å². The number of hydrogen-bond donors (Lipinski definition) is 1. The number of thioether (sulfide) groups is 1. The van der Waals surface area contributed by atoms with Gasteiger partial charge in [0.15, 0.2) is 16.1 Å². The normalized spacial score (nSPS) is 12.0. The van der Waals surface area contributed by atoms with Crippen LogP contribution >= 0.6 is 23.1 Å². The predicted octanol–water partition coefficient (Wildman–Crippen LogP) is 4.07. The molecule has 1 N–H and O–H groups in total. The molecule has 3 rings (SSSR count). The molecule has 0 fully saturated rings. The van der Waals surface area contributed by atoms with Crippen molar-refractivity contribution < 1.29 is 9.53 Å². The van der Waals surface area contributed by atoms with E-state index in [-0.39, 0.29) is 11.2 Å².